The van der Waals surface area contributed by atoms with Crippen molar-refractivity contribution in [2.75, 3.05) is 41.7 Å². The largest absolute Gasteiger partial charge is 0.481 e. The number of nitrogens with zero attached hydrogens (tertiary/aromatic N) is 3. The summed E-state index contributed by atoms with van der Waals surface area (Å²) in [6, 6.07) is 13.7. The first kappa shape index (κ1) is 28.9. The second kappa shape index (κ2) is 12.9. The fraction of sp³-hybridized carbons (Fsp3) is 0.300. The fourth-order valence-corrected chi connectivity index (χ4v) is 5.10. The number of nitrogens with one attached hydrogen (secondary N) is 3. The van der Waals surface area contributed by atoms with Crippen LogP contribution in [0.1, 0.15) is 41.2 Å². The van der Waals surface area contributed by atoms with E-state index in [1.807, 2.05) is 4.90 Å². The highest BCUT2D eigenvalue weighted by molar-refractivity contribution is 6.30. The highest BCUT2D eigenvalue weighted by atomic mass is 35.5. The van der Waals surface area contributed by atoms with E-state index < -0.39 is 23.9 Å². The van der Waals surface area contributed by atoms with E-state index in [9.17, 15) is 24.3 Å². The van der Waals surface area contributed by atoms with E-state index in [1.54, 1.807) is 60.8 Å². The molecular weight excluding hydrogens is 560 g/mol. The van der Waals surface area contributed by atoms with Crippen LogP contribution in [0.5, 0.6) is 0 Å². The van der Waals surface area contributed by atoms with Gasteiger partial charge < -0.3 is 30.9 Å². The minimum atomic E-state index is -1.07. The van der Waals surface area contributed by atoms with Crippen molar-refractivity contribution < 1.29 is 24.3 Å². The Bertz CT molecular complexity index is 1470. The molecular formula is C30H31ClN6O5. The summed E-state index contributed by atoms with van der Waals surface area (Å²) >= 11 is 6.05. The number of aromatic nitrogens is 1. The molecule has 2 aromatic carbocycles. The lowest BCUT2D eigenvalue weighted by molar-refractivity contribution is -0.137. The van der Waals surface area contributed by atoms with Gasteiger partial charge in [0.05, 0.1) is 23.8 Å². The summed E-state index contributed by atoms with van der Waals surface area (Å²) in [7, 11) is 0. The average Bonchev–Trinajstić information content (AvgIpc) is 3.82. The number of aliphatic carboxylic acids is 1. The second-order valence-corrected chi connectivity index (χ2v) is 10.8. The summed E-state index contributed by atoms with van der Waals surface area (Å²) in [6.45, 7) is 2.26. The maximum absolute atomic E-state index is 13.3. The lowest BCUT2D eigenvalue weighted by Gasteiger charge is -2.37. The van der Waals surface area contributed by atoms with E-state index in [4.69, 9.17) is 11.6 Å². The molecule has 2 aliphatic rings. The zero-order valence-electron chi connectivity index (χ0n) is 22.8. The van der Waals surface area contributed by atoms with Crippen LogP contribution in [0, 0.1) is 5.92 Å². The summed E-state index contributed by atoms with van der Waals surface area (Å²) in [5.41, 5.74) is 2.37. The standard InChI is InChI=1S/C30H31ClN6O5/c31-22-4-1-5-23(16-22)33-30(42)35-25-15-20(28(40)34-24(17-27(38)39)21-3-2-10-32-18-21)8-9-26(25)36-11-13-37(14-12-36)29(41)19-6-7-19/h1-5,8-10,15-16,18-19,24H,6-7,11-14,17H2,(H,34,40)(H,38,39)(H2,33,35,42). The van der Waals surface area contributed by atoms with Gasteiger partial charge in [0, 0.05) is 60.8 Å². The summed E-state index contributed by atoms with van der Waals surface area (Å²) in [4.78, 5) is 58.4. The highest BCUT2D eigenvalue weighted by Gasteiger charge is 2.35. The van der Waals surface area contributed by atoms with Crippen molar-refractivity contribution >= 4 is 52.5 Å². The van der Waals surface area contributed by atoms with Crippen LogP contribution in [0.4, 0.5) is 21.9 Å². The smallest absolute Gasteiger partial charge is 0.323 e. The molecule has 1 atom stereocenters. The van der Waals surface area contributed by atoms with Gasteiger partial charge in [-0.25, -0.2) is 4.79 Å². The van der Waals surface area contributed by atoms with Gasteiger partial charge in [-0.05, 0) is 60.9 Å². The van der Waals surface area contributed by atoms with E-state index >= 15 is 0 Å². The van der Waals surface area contributed by atoms with E-state index in [0.717, 1.165) is 12.8 Å². The third-order valence-electron chi connectivity index (χ3n) is 7.22. The molecule has 1 saturated heterocycles. The number of benzene rings is 2. The number of pyridine rings is 1. The Kier molecular flexibility index (Phi) is 8.87. The maximum Gasteiger partial charge on any atom is 0.323 e. The average molecular weight is 591 g/mol. The minimum absolute atomic E-state index is 0.151. The van der Waals surface area contributed by atoms with Gasteiger partial charge in [-0.2, -0.15) is 0 Å². The van der Waals surface area contributed by atoms with Crippen molar-refractivity contribution in [3.8, 4) is 0 Å². The number of hydrogen-bond donors (Lipinski definition) is 4. The Morgan fingerprint density at radius 2 is 1.76 bits per heavy atom. The van der Waals surface area contributed by atoms with Crippen LogP contribution in [-0.4, -0.2) is 65.0 Å². The number of hydrogen-bond acceptors (Lipinski definition) is 6. The molecule has 3 aromatic rings. The van der Waals surface area contributed by atoms with Crippen molar-refractivity contribution in [2.45, 2.75) is 25.3 Å². The molecule has 2 heterocycles. The van der Waals surface area contributed by atoms with E-state index in [0.29, 0.717) is 53.8 Å². The van der Waals surface area contributed by atoms with Crippen LogP contribution in [0.3, 0.4) is 0 Å². The second-order valence-electron chi connectivity index (χ2n) is 10.3. The molecule has 1 saturated carbocycles. The Hall–Kier alpha value is -4.64. The van der Waals surface area contributed by atoms with Crippen LogP contribution in [0.2, 0.25) is 5.02 Å². The van der Waals surface area contributed by atoms with Crippen molar-refractivity contribution in [1.29, 1.82) is 0 Å². The van der Waals surface area contributed by atoms with E-state index in [2.05, 4.69) is 25.8 Å². The summed E-state index contributed by atoms with van der Waals surface area (Å²) in [5.74, 6) is -1.22. The molecule has 2 fully saturated rings. The Morgan fingerprint density at radius 1 is 0.976 bits per heavy atom. The number of carboxylic acids is 1. The van der Waals surface area contributed by atoms with Crippen molar-refractivity contribution in [3.05, 3.63) is 83.1 Å². The zero-order valence-corrected chi connectivity index (χ0v) is 23.5. The SMILES string of the molecule is O=C(O)CC(NC(=O)c1ccc(N2CCN(C(=O)C3CC3)CC2)c(NC(=O)Nc2cccc(Cl)c2)c1)c1cccnc1. The summed E-state index contributed by atoms with van der Waals surface area (Å²) in [6.07, 6.45) is 4.65. The van der Waals surface area contributed by atoms with E-state index in [1.165, 1.54) is 6.20 Å². The van der Waals surface area contributed by atoms with Crippen LogP contribution in [0.15, 0.2) is 67.0 Å². The number of carbonyl (C=O) groups excluding carboxylic acids is 3. The fourth-order valence-electron chi connectivity index (χ4n) is 4.91. The quantitative estimate of drug-likeness (QED) is 0.289. The van der Waals surface area contributed by atoms with Crippen molar-refractivity contribution in [1.82, 2.24) is 15.2 Å². The van der Waals surface area contributed by atoms with Crippen molar-refractivity contribution in [2.24, 2.45) is 5.92 Å². The number of carbonyl (C=O) groups is 4. The lowest BCUT2D eigenvalue weighted by atomic mass is 10.0. The predicted octanol–water partition coefficient (Wildman–Crippen LogP) is 4.38. The van der Waals surface area contributed by atoms with Gasteiger partial charge in [0.15, 0.2) is 0 Å². The van der Waals surface area contributed by atoms with Gasteiger partial charge in [0.25, 0.3) is 5.91 Å². The number of amides is 4. The molecule has 0 spiro atoms. The molecule has 0 radical (unpaired) electrons. The molecule has 12 heteroatoms. The van der Waals surface area contributed by atoms with Crippen LogP contribution < -0.4 is 20.9 Å². The number of carboxylic acid groups (broad SMARTS) is 1. The first-order valence-electron chi connectivity index (χ1n) is 13.7. The molecule has 4 amide bonds. The monoisotopic (exact) mass is 590 g/mol. The molecule has 1 unspecified atom stereocenters. The van der Waals surface area contributed by atoms with Crippen LogP contribution >= 0.6 is 11.6 Å². The third kappa shape index (κ3) is 7.35. The molecule has 0 bridgehead atoms. The van der Waals surface area contributed by atoms with Crippen LogP contribution in [-0.2, 0) is 9.59 Å². The number of urea groups is 1. The third-order valence-corrected chi connectivity index (χ3v) is 7.45. The molecule has 11 nitrogen and oxygen atoms in total. The molecule has 42 heavy (non-hydrogen) atoms. The summed E-state index contributed by atoms with van der Waals surface area (Å²) in [5, 5.41) is 18.3. The van der Waals surface area contributed by atoms with Gasteiger partial charge in [0.2, 0.25) is 5.91 Å². The van der Waals surface area contributed by atoms with Gasteiger partial charge in [-0.3, -0.25) is 19.4 Å². The van der Waals surface area contributed by atoms with Crippen LogP contribution in [0.25, 0.3) is 0 Å². The van der Waals surface area contributed by atoms with Gasteiger partial charge in [0.1, 0.15) is 0 Å². The van der Waals surface area contributed by atoms with Gasteiger partial charge in [-0.1, -0.05) is 23.7 Å². The number of halogens is 1. The van der Waals surface area contributed by atoms with Gasteiger partial charge >= 0.3 is 12.0 Å². The molecule has 5 rings (SSSR count). The predicted molar refractivity (Wildman–Crippen MR) is 159 cm³/mol. The lowest BCUT2D eigenvalue weighted by Crippen LogP contribution is -2.49. The molecule has 1 aliphatic carbocycles. The van der Waals surface area contributed by atoms with E-state index in [-0.39, 0.29) is 23.8 Å². The minimum Gasteiger partial charge on any atom is -0.481 e. The Balaban J connectivity index is 1.37. The topological polar surface area (TPSA) is 144 Å². The molecule has 1 aliphatic heterocycles. The Morgan fingerprint density at radius 3 is 2.43 bits per heavy atom. The zero-order chi connectivity index (χ0) is 29.6. The number of anilines is 3. The maximum atomic E-state index is 13.3. The molecule has 218 valence electrons. The molecule has 1 aromatic heterocycles. The number of piperazine rings is 1. The molecule has 4 N–H and O–H groups in total. The normalized spacial score (nSPS) is 15.5. The first-order chi connectivity index (χ1) is 20.3. The van der Waals surface area contributed by atoms with Gasteiger partial charge in [-0.15, -0.1) is 0 Å². The highest BCUT2D eigenvalue weighted by Crippen LogP contribution is 2.33. The first-order valence-corrected chi connectivity index (χ1v) is 14.1. The summed E-state index contributed by atoms with van der Waals surface area (Å²) < 4.78 is 0. The number of rotatable bonds is 9. The van der Waals surface area contributed by atoms with Crippen molar-refractivity contribution in [3.63, 3.8) is 0 Å². The Labute approximate surface area is 247 Å².